The number of hydrogen-bond acceptors (Lipinski definition) is 3. The molecule has 0 saturated carbocycles. The molecule has 0 aliphatic carbocycles. The third-order valence-corrected chi connectivity index (χ3v) is 3.36. The van der Waals surface area contributed by atoms with E-state index in [-0.39, 0.29) is 12.5 Å². The SMILES string of the molecule is COc1ccc(CCNC(=O)COc2ccccc2)cc1Cl. The lowest BCUT2D eigenvalue weighted by molar-refractivity contribution is -0.123. The van der Waals surface area contributed by atoms with Crippen molar-refractivity contribution in [3.05, 3.63) is 59.1 Å². The average Bonchev–Trinajstić information content (AvgIpc) is 2.54. The summed E-state index contributed by atoms with van der Waals surface area (Å²) in [5, 5.41) is 3.38. The molecule has 0 aliphatic rings. The predicted octanol–water partition coefficient (Wildman–Crippen LogP) is 3.09. The fourth-order valence-electron chi connectivity index (χ4n) is 1.93. The molecule has 1 amide bonds. The average molecular weight is 320 g/mol. The van der Waals surface area contributed by atoms with E-state index < -0.39 is 0 Å². The Bertz CT molecular complexity index is 617. The smallest absolute Gasteiger partial charge is 0.257 e. The molecule has 116 valence electrons. The topological polar surface area (TPSA) is 47.6 Å². The maximum absolute atomic E-state index is 11.7. The highest BCUT2D eigenvalue weighted by Gasteiger charge is 2.04. The third-order valence-electron chi connectivity index (χ3n) is 3.07. The van der Waals surface area contributed by atoms with Gasteiger partial charge in [0.05, 0.1) is 12.1 Å². The summed E-state index contributed by atoms with van der Waals surface area (Å²) in [6, 6.07) is 14.8. The monoisotopic (exact) mass is 319 g/mol. The Balaban J connectivity index is 1.72. The zero-order valence-corrected chi connectivity index (χ0v) is 13.1. The van der Waals surface area contributed by atoms with E-state index >= 15 is 0 Å². The molecule has 0 aromatic heterocycles. The highest BCUT2D eigenvalue weighted by molar-refractivity contribution is 6.32. The molecule has 0 radical (unpaired) electrons. The Labute approximate surface area is 135 Å². The number of ether oxygens (including phenoxy) is 2. The van der Waals surface area contributed by atoms with Gasteiger partial charge in [0.15, 0.2) is 6.61 Å². The number of benzene rings is 2. The van der Waals surface area contributed by atoms with Crippen molar-refractivity contribution in [3.8, 4) is 11.5 Å². The normalized spacial score (nSPS) is 10.1. The number of amides is 1. The molecule has 0 fully saturated rings. The molecule has 0 unspecified atom stereocenters. The van der Waals surface area contributed by atoms with Crippen molar-refractivity contribution in [1.82, 2.24) is 5.32 Å². The second-order valence-corrected chi connectivity index (χ2v) is 5.08. The van der Waals surface area contributed by atoms with Gasteiger partial charge in [-0.25, -0.2) is 0 Å². The molecule has 2 aromatic rings. The summed E-state index contributed by atoms with van der Waals surface area (Å²) in [6.45, 7) is 0.535. The van der Waals surface area contributed by atoms with Crippen LogP contribution in [0.1, 0.15) is 5.56 Å². The van der Waals surface area contributed by atoms with Crippen molar-refractivity contribution >= 4 is 17.5 Å². The van der Waals surface area contributed by atoms with Crippen LogP contribution in [-0.4, -0.2) is 26.2 Å². The third kappa shape index (κ3) is 4.97. The summed E-state index contributed by atoms with van der Waals surface area (Å²) in [7, 11) is 1.58. The second-order valence-electron chi connectivity index (χ2n) is 4.67. The van der Waals surface area contributed by atoms with Crippen LogP contribution in [0.3, 0.4) is 0 Å². The second kappa shape index (κ2) is 8.29. The van der Waals surface area contributed by atoms with Gasteiger partial charge in [-0.3, -0.25) is 4.79 Å². The summed E-state index contributed by atoms with van der Waals surface area (Å²) >= 11 is 6.06. The number of halogens is 1. The summed E-state index contributed by atoms with van der Waals surface area (Å²) < 4.78 is 10.5. The lowest BCUT2D eigenvalue weighted by Crippen LogP contribution is -2.30. The van der Waals surface area contributed by atoms with Gasteiger partial charge < -0.3 is 14.8 Å². The van der Waals surface area contributed by atoms with E-state index in [4.69, 9.17) is 21.1 Å². The molecular weight excluding hydrogens is 302 g/mol. The van der Waals surface area contributed by atoms with Crippen LogP contribution in [0.4, 0.5) is 0 Å². The first-order chi connectivity index (χ1) is 10.7. The molecule has 22 heavy (non-hydrogen) atoms. The highest BCUT2D eigenvalue weighted by Crippen LogP contribution is 2.24. The number of carbonyl (C=O) groups is 1. The summed E-state index contributed by atoms with van der Waals surface area (Å²) in [6.07, 6.45) is 0.695. The number of rotatable bonds is 7. The van der Waals surface area contributed by atoms with E-state index in [0.717, 1.165) is 5.56 Å². The van der Waals surface area contributed by atoms with E-state index in [1.807, 2.05) is 48.5 Å². The fourth-order valence-corrected chi connectivity index (χ4v) is 2.21. The summed E-state index contributed by atoms with van der Waals surface area (Å²) in [4.78, 5) is 11.7. The van der Waals surface area contributed by atoms with Gasteiger partial charge in [-0.05, 0) is 36.2 Å². The first-order valence-electron chi connectivity index (χ1n) is 6.96. The Hall–Kier alpha value is -2.20. The molecule has 0 heterocycles. The van der Waals surface area contributed by atoms with Gasteiger partial charge in [0.25, 0.3) is 5.91 Å². The van der Waals surface area contributed by atoms with Crippen molar-refractivity contribution in [2.24, 2.45) is 0 Å². The molecule has 4 nitrogen and oxygen atoms in total. The maximum Gasteiger partial charge on any atom is 0.257 e. The van der Waals surface area contributed by atoms with Crippen LogP contribution in [0.5, 0.6) is 11.5 Å². The standard InChI is InChI=1S/C17H18ClNO3/c1-21-16-8-7-13(11-15(16)18)9-10-19-17(20)12-22-14-5-3-2-4-6-14/h2-8,11H,9-10,12H2,1H3,(H,19,20). The van der Waals surface area contributed by atoms with Crippen LogP contribution in [0.15, 0.2) is 48.5 Å². The molecule has 0 bridgehead atoms. The molecule has 1 N–H and O–H groups in total. The molecule has 2 aromatic carbocycles. The van der Waals surface area contributed by atoms with Gasteiger partial charge in [-0.1, -0.05) is 35.9 Å². The summed E-state index contributed by atoms with van der Waals surface area (Å²) in [5.41, 5.74) is 1.04. The van der Waals surface area contributed by atoms with Gasteiger partial charge in [-0.15, -0.1) is 0 Å². The number of methoxy groups -OCH3 is 1. The molecule has 0 aliphatic heterocycles. The van der Waals surface area contributed by atoms with Crippen molar-refractivity contribution in [3.63, 3.8) is 0 Å². The van der Waals surface area contributed by atoms with E-state index in [9.17, 15) is 4.79 Å². The van der Waals surface area contributed by atoms with Crippen LogP contribution in [0, 0.1) is 0 Å². The molecule has 0 saturated heterocycles. The largest absolute Gasteiger partial charge is 0.495 e. The Morgan fingerprint density at radius 1 is 1.18 bits per heavy atom. The number of nitrogens with one attached hydrogen (secondary N) is 1. The van der Waals surface area contributed by atoms with E-state index in [1.54, 1.807) is 7.11 Å². The van der Waals surface area contributed by atoms with E-state index in [1.165, 1.54) is 0 Å². The minimum absolute atomic E-state index is 0.00732. The van der Waals surface area contributed by atoms with Crippen molar-refractivity contribution in [2.45, 2.75) is 6.42 Å². The molecule has 0 spiro atoms. The lowest BCUT2D eigenvalue weighted by Gasteiger charge is -2.08. The van der Waals surface area contributed by atoms with E-state index in [2.05, 4.69) is 5.32 Å². The number of carbonyl (C=O) groups excluding carboxylic acids is 1. The minimum Gasteiger partial charge on any atom is -0.495 e. The Morgan fingerprint density at radius 2 is 1.95 bits per heavy atom. The lowest BCUT2D eigenvalue weighted by atomic mass is 10.1. The van der Waals surface area contributed by atoms with Gasteiger partial charge in [-0.2, -0.15) is 0 Å². The zero-order valence-electron chi connectivity index (χ0n) is 12.3. The molecule has 5 heteroatoms. The maximum atomic E-state index is 11.7. The molecule has 2 rings (SSSR count). The van der Waals surface area contributed by atoms with Crippen LogP contribution in [0.2, 0.25) is 5.02 Å². The minimum atomic E-state index is -0.150. The van der Waals surface area contributed by atoms with Gasteiger partial charge in [0.1, 0.15) is 11.5 Å². The van der Waals surface area contributed by atoms with E-state index in [0.29, 0.717) is 29.5 Å². The number of para-hydroxylation sites is 1. The first-order valence-corrected chi connectivity index (χ1v) is 7.34. The molecule has 0 atom stereocenters. The van der Waals surface area contributed by atoms with Crippen LogP contribution >= 0.6 is 11.6 Å². The zero-order chi connectivity index (χ0) is 15.8. The van der Waals surface area contributed by atoms with Crippen molar-refractivity contribution in [1.29, 1.82) is 0 Å². The van der Waals surface area contributed by atoms with Crippen LogP contribution < -0.4 is 14.8 Å². The fraction of sp³-hybridized carbons (Fsp3) is 0.235. The summed E-state index contributed by atoms with van der Waals surface area (Å²) in [5.74, 6) is 1.17. The highest BCUT2D eigenvalue weighted by atomic mass is 35.5. The predicted molar refractivity (Wildman–Crippen MR) is 86.7 cm³/mol. The van der Waals surface area contributed by atoms with Gasteiger partial charge in [0.2, 0.25) is 0 Å². The Kier molecular flexibility index (Phi) is 6.10. The Morgan fingerprint density at radius 3 is 2.64 bits per heavy atom. The van der Waals surface area contributed by atoms with Crippen LogP contribution in [-0.2, 0) is 11.2 Å². The quantitative estimate of drug-likeness (QED) is 0.853. The first kappa shape index (κ1) is 16.2. The van der Waals surface area contributed by atoms with Gasteiger partial charge >= 0.3 is 0 Å². The van der Waals surface area contributed by atoms with Crippen molar-refractivity contribution < 1.29 is 14.3 Å². The number of hydrogen-bond donors (Lipinski definition) is 1. The van der Waals surface area contributed by atoms with Gasteiger partial charge in [0, 0.05) is 6.54 Å². The molecular formula is C17H18ClNO3. The van der Waals surface area contributed by atoms with Crippen LogP contribution in [0.25, 0.3) is 0 Å². The van der Waals surface area contributed by atoms with Crippen molar-refractivity contribution in [2.75, 3.05) is 20.3 Å².